The van der Waals surface area contributed by atoms with Crippen LogP contribution in [0.15, 0.2) is 60.7 Å². The first-order valence-corrected chi connectivity index (χ1v) is 8.45. The Morgan fingerprint density at radius 2 is 1.45 bits per heavy atom. The van der Waals surface area contributed by atoms with Crippen molar-refractivity contribution in [3.63, 3.8) is 0 Å². The molecule has 0 aliphatic carbocycles. The van der Waals surface area contributed by atoms with Crippen LogP contribution in [0.5, 0.6) is 0 Å². The first kappa shape index (κ1) is 14.9. The number of aliphatic hydroxyl groups excluding tert-OH is 1. The molecule has 0 saturated carbocycles. The van der Waals surface area contributed by atoms with E-state index in [1.807, 2.05) is 48.5 Å². The number of hydrogen-bond acceptors (Lipinski definition) is 4. The predicted molar refractivity (Wildman–Crippen MR) is 95.0 cm³/mol. The molecule has 0 saturated heterocycles. The molecule has 0 radical (unpaired) electrons. The van der Waals surface area contributed by atoms with Gasteiger partial charge in [-0.15, -0.1) is 22.7 Å². The Labute approximate surface area is 136 Å². The maximum Gasteiger partial charge on any atom is 0.160 e. The van der Waals surface area contributed by atoms with Gasteiger partial charge in [0, 0.05) is 14.3 Å². The van der Waals surface area contributed by atoms with E-state index in [1.165, 1.54) is 26.1 Å². The summed E-state index contributed by atoms with van der Waals surface area (Å²) in [4.78, 5) is 12.2. The lowest BCUT2D eigenvalue weighted by Crippen LogP contribution is -1.69. The molecule has 0 amide bonds. The van der Waals surface area contributed by atoms with E-state index in [0.717, 1.165) is 21.4 Å². The lowest BCUT2D eigenvalue weighted by molar-refractivity contribution is 0.112. The molecular formula is C18H14O2S2. The van der Waals surface area contributed by atoms with Gasteiger partial charge in [0.1, 0.15) is 0 Å². The van der Waals surface area contributed by atoms with Gasteiger partial charge in [-0.3, -0.25) is 4.79 Å². The van der Waals surface area contributed by atoms with Gasteiger partial charge < -0.3 is 5.11 Å². The van der Waals surface area contributed by atoms with E-state index in [4.69, 9.17) is 5.11 Å². The van der Waals surface area contributed by atoms with Crippen molar-refractivity contribution in [1.82, 2.24) is 0 Å². The zero-order valence-electron chi connectivity index (χ0n) is 11.7. The molecule has 22 heavy (non-hydrogen) atoms. The highest BCUT2D eigenvalue weighted by Gasteiger charge is 1.98. The molecule has 1 N–H and O–H groups in total. The van der Waals surface area contributed by atoms with Crippen LogP contribution in [0, 0.1) is 0 Å². The third-order valence-electron chi connectivity index (χ3n) is 3.19. The molecule has 0 aliphatic heterocycles. The Morgan fingerprint density at radius 1 is 0.864 bits per heavy atom. The maximum atomic E-state index is 10.4. The van der Waals surface area contributed by atoms with Crippen LogP contribution in [0.1, 0.15) is 14.5 Å². The minimum Gasteiger partial charge on any atom is -0.391 e. The third kappa shape index (κ3) is 3.25. The minimum absolute atomic E-state index is 0.152. The van der Waals surface area contributed by atoms with Gasteiger partial charge in [0.05, 0.1) is 11.5 Å². The molecule has 4 aromatic rings. The number of thiophene rings is 2. The first-order chi connectivity index (χ1) is 10.8. The number of carbonyl (C=O) groups excluding carboxylic acids is 1. The molecule has 0 bridgehead atoms. The summed E-state index contributed by atoms with van der Waals surface area (Å²) in [6.07, 6.45) is 0.894. The van der Waals surface area contributed by atoms with Gasteiger partial charge in [0.2, 0.25) is 0 Å². The smallest absolute Gasteiger partial charge is 0.160 e. The average Bonchev–Trinajstić information content (AvgIpc) is 3.18. The number of aldehydes is 1. The van der Waals surface area contributed by atoms with Crippen LogP contribution in [0.3, 0.4) is 0 Å². The summed E-state index contributed by atoms with van der Waals surface area (Å²) in [6, 6.07) is 20.1. The Kier molecular flexibility index (Phi) is 4.63. The molecule has 110 valence electrons. The molecular weight excluding hydrogens is 312 g/mol. The van der Waals surface area contributed by atoms with E-state index in [0.29, 0.717) is 0 Å². The lowest BCUT2D eigenvalue weighted by Gasteiger charge is -1.82. The quantitative estimate of drug-likeness (QED) is 0.520. The van der Waals surface area contributed by atoms with Crippen LogP contribution < -0.4 is 0 Å². The van der Waals surface area contributed by atoms with Gasteiger partial charge in [-0.05, 0) is 35.0 Å². The van der Waals surface area contributed by atoms with Crippen LogP contribution in [-0.2, 0) is 6.61 Å². The molecule has 0 unspecified atom stereocenters. The van der Waals surface area contributed by atoms with Gasteiger partial charge >= 0.3 is 0 Å². The third-order valence-corrected chi connectivity index (χ3v) is 5.34. The highest BCUT2D eigenvalue weighted by molar-refractivity contribution is 7.20. The second kappa shape index (κ2) is 6.83. The summed E-state index contributed by atoms with van der Waals surface area (Å²) >= 11 is 3.18. The van der Waals surface area contributed by atoms with E-state index in [9.17, 15) is 4.79 Å². The summed E-state index contributed by atoms with van der Waals surface area (Å²) in [5.41, 5.74) is 0. The zero-order valence-corrected chi connectivity index (χ0v) is 13.4. The van der Waals surface area contributed by atoms with Crippen LogP contribution in [0.25, 0.3) is 20.2 Å². The molecule has 0 spiro atoms. The normalized spacial score (nSPS) is 10.4. The average molecular weight is 326 g/mol. The SMILES string of the molecule is O=Cc1cc2ccccc2s1.OCc1cc2ccccc2s1. The second-order valence-electron chi connectivity index (χ2n) is 4.71. The number of carbonyl (C=O) groups is 1. The summed E-state index contributed by atoms with van der Waals surface area (Å²) < 4.78 is 2.42. The van der Waals surface area contributed by atoms with Gasteiger partial charge in [-0.25, -0.2) is 0 Å². The molecule has 0 fully saturated rings. The van der Waals surface area contributed by atoms with Crippen molar-refractivity contribution < 1.29 is 9.90 Å². The highest BCUT2D eigenvalue weighted by Crippen LogP contribution is 2.25. The van der Waals surface area contributed by atoms with Crippen LogP contribution >= 0.6 is 22.7 Å². The predicted octanol–water partition coefficient (Wildman–Crippen LogP) is 5.11. The van der Waals surface area contributed by atoms with E-state index in [2.05, 4.69) is 12.1 Å². The Balaban J connectivity index is 0.000000131. The lowest BCUT2D eigenvalue weighted by atomic mass is 10.2. The molecule has 2 nitrogen and oxygen atoms in total. The van der Waals surface area contributed by atoms with Crippen molar-refractivity contribution in [2.24, 2.45) is 0 Å². The molecule has 0 aliphatic rings. The summed E-state index contributed by atoms with van der Waals surface area (Å²) in [5, 5.41) is 11.2. The number of benzene rings is 2. The van der Waals surface area contributed by atoms with Gasteiger partial charge in [0.15, 0.2) is 6.29 Å². The molecule has 0 atom stereocenters. The number of hydrogen-bond donors (Lipinski definition) is 1. The van der Waals surface area contributed by atoms with Gasteiger partial charge in [0.25, 0.3) is 0 Å². The van der Waals surface area contributed by atoms with Crippen molar-refractivity contribution in [2.75, 3.05) is 0 Å². The number of fused-ring (bicyclic) bond motifs is 2. The summed E-state index contributed by atoms with van der Waals surface area (Å²) in [5.74, 6) is 0. The second-order valence-corrected chi connectivity index (χ2v) is 7.00. The monoisotopic (exact) mass is 326 g/mol. The van der Waals surface area contributed by atoms with Crippen molar-refractivity contribution in [1.29, 1.82) is 0 Å². The molecule has 2 aromatic heterocycles. The van der Waals surface area contributed by atoms with E-state index < -0.39 is 0 Å². The molecule has 2 aromatic carbocycles. The van der Waals surface area contributed by atoms with Gasteiger partial charge in [-0.1, -0.05) is 36.4 Å². The highest BCUT2D eigenvalue weighted by atomic mass is 32.1. The number of aliphatic hydroxyl groups is 1. The standard InChI is InChI=1S/C9H8OS.C9H6OS/c2*10-6-8-5-7-3-1-2-4-9(7)11-8/h1-5,10H,6H2;1-6H. The first-order valence-electron chi connectivity index (χ1n) is 6.82. The summed E-state index contributed by atoms with van der Waals surface area (Å²) in [7, 11) is 0. The van der Waals surface area contributed by atoms with Crippen LogP contribution in [0.2, 0.25) is 0 Å². The minimum atomic E-state index is 0.152. The topological polar surface area (TPSA) is 37.3 Å². The Hall–Kier alpha value is -2.01. The van der Waals surface area contributed by atoms with Crippen molar-refractivity contribution in [3.8, 4) is 0 Å². The van der Waals surface area contributed by atoms with Crippen molar-refractivity contribution in [3.05, 3.63) is 70.4 Å². The Bertz CT molecular complexity index is 839. The number of rotatable bonds is 2. The zero-order chi connectivity index (χ0) is 15.4. The maximum absolute atomic E-state index is 10.4. The fourth-order valence-electron chi connectivity index (χ4n) is 2.18. The van der Waals surface area contributed by atoms with Gasteiger partial charge in [-0.2, -0.15) is 0 Å². The van der Waals surface area contributed by atoms with E-state index >= 15 is 0 Å². The fraction of sp³-hybridized carbons (Fsp3) is 0.0556. The molecule has 2 heterocycles. The Morgan fingerprint density at radius 3 is 2.00 bits per heavy atom. The van der Waals surface area contributed by atoms with Crippen molar-refractivity contribution >= 4 is 49.1 Å². The van der Waals surface area contributed by atoms with Crippen LogP contribution in [0.4, 0.5) is 0 Å². The largest absolute Gasteiger partial charge is 0.391 e. The van der Waals surface area contributed by atoms with E-state index in [1.54, 1.807) is 11.3 Å². The van der Waals surface area contributed by atoms with Crippen molar-refractivity contribution in [2.45, 2.75) is 6.61 Å². The summed E-state index contributed by atoms with van der Waals surface area (Å²) in [6.45, 7) is 0.152. The fourth-order valence-corrected chi connectivity index (χ4v) is 3.98. The van der Waals surface area contributed by atoms with E-state index in [-0.39, 0.29) is 6.61 Å². The molecule has 4 rings (SSSR count). The van der Waals surface area contributed by atoms with Crippen LogP contribution in [-0.4, -0.2) is 11.4 Å². The molecule has 4 heteroatoms.